The second kappa shape index (κ2) is 7.74. The highest BCUT2D eigenvalue weighted by molar-refractivity contribution is 5.75. The van der Waals surface area contributed by atoms with Crippen LogP contribution in [0.5, 0.6) is 0 Å². The molecule has 0 unspecified atom stereocenters. The average Bonchev–Trinajstić information content (AvgIpc) is 3.13. The molecule has 5 heteroatoms. The van der Waals surface area contributed by atoms with Crippen molar-refractivity contribution in [1.82, 2.24) is 15.6 Å². The van der Waals surface area contributed by atoms with Gasteiger partial charge >= 0.3 is 6.03 Å². The molecule has 1 aromatic carbocycles. The van der Waals surface area contributed by atoms with E-state index in [-0.39, 0.29) is 18.2 Å². The highest BCUT2D eigenvalue weighted by Crippen LogP contribution is 2.21. The molecule has 2 amide bonds. The Morgan fingerprint density at radius 1 is 1.17 bits per heavy atom. The summed E-state index contributed by atoms with van der Waals surface area (Å²) in [5.41, 5.74) is 2.03. The van der Waals surface area contributed by atoms with E-state index in [9.17, 15) is 4.79 Å². The number of amides is 2. The minimum Gasteiger partial charge on any atom is -0.376 e. The molecule has 2 atom stereocenters. The van der Waals surface area contributed by atoms with Gasteiger partial charge in [-0.3, -0.25) is 4.98 Å². The first kappa shape index (κ1) is 15.5. The van der Waals surface area contributed by atoms with Crippen LogP contribution in [0.4, 0.5) is 4.79 Å². The zero-order valence-electron chi connectivity index (χ0n) is 12.9. The maximum atomic E-state index is 12.3. The summed E-state index contributed by atoms with van der Waals surface area (Å²) in [7, 11) is 0. The van der Waals surface area contributed by atoms with Crippen LogP contribution in [0.1, 0.15) is 30.0 Å². The predicted octanol–water partition coefficient (Wildman–Crippen LogP) is 2.65. The number of ether oxygens (including phenoxy) is 1. The van der Waals surface area contributed by atoms with Crippen molar-refractivity contribution >= 4 is 6.03 Å². The van der Waals surface area contributed by atoms with E-state index in [0.29, 0.717) is 6.54 Å². The maximum absolute atomic E-state index is 12.3. The normalized spacial score (nSPS) is 18.3. The molecule has 3 rings (SSSR count). The quantitative estimate of drug-likeness (QED) is 0.892. The molecular weight excluding hydrogens is 290 g/mol. The summed E-state index contributed by atoms with van der Waals surface area (Å²) < 4.78 is 5.53. The van der Waals surface area contributed by atoms with Gasteiger partial charge in [-0.25, -0.2) is 4.79 Å². The number of rotatable bonds is 5. The van der Waals surface area contributed by atoms with E-state index in [1.807, 2.05) is 42.5 Å². The number of aromatic nitrogens is 1. The molecule has 0 bridgehead atoms. The van der Waals surface area contributed by atoms with E-state index in [2.05, 4.69) is 15.6 Å². The predicted molar refractivity (Wildman–Crippen MR) is 88.0 cm³/mol. The lowest BCUT2D eigenvalue weighted by atomic mass is 10.00. The third-order valence-electron chi connectivity index (χ3n) is 3.96. The third kappa shape index (κ3) is 4.29. The van der Waals surface area contributed by atoms with Crippen LogP contribution >= 0.6 is 0 Å². The lowest BCUT2D eigenvalue weighted by molar-refractivity contribution is 0.111. The van der Waals surface area contributed by atoms with Crippen molar-refractivity contribution in [3.63, 3.8) is 0 Å². The number of benzene rings is 1. The zero-order valence-corrected chi connectivity index (χ0v) is 12.9. The Bertz CT molecular complexity index is 573. The molecule has 23 heavy (non-hydrogen) atoms. The summed E-state index contributed by atoms with van der Waals surface area (Å²) in [6, 6.07) is 13.3. The molecule has 0 spiro atoms. The Hall–Kier alpha value is -2.40. The van der Waals surface area contributed by atoms with E-state index in [0.717, 1.165) is 30.6 Å². The average molecular weight is 311 g/mol. The smallest absolute Gasteiger partial charge is 0.315 e. The van der Waals surface area contributed by atoms with Crippen molar-refractivity contribution in [2.45, 2.75) is 25.0 Å². The minimum absolute atomic E-state index is 0.136. The van der Waals surface area contributed by atoms with Crippen LogP contribution in [-0.4, -0.2) is 30.3 Å². The van der Waals surface area contributed by atoms with Crippen molar-refractivity contribution in [2.24, 2.45) is 0 Å². The molecular formula is C18H21N3O2. The fourth-order valence-corrected chi connectivity index (χ4v) is 2.75. The largest absolute Gasteiger partial charge is 0.376 e. The van der Waals surface area contributed by atoms with Gasteiger partial charge in [-0.15, -0.1) is 0 Å². The van der Waals surface area contributed by atoms with E-state index in [1.165, 1.54) is 0 Å². The van der Waals surface area contributed by atoms with Crippen molar-refractivity contribution in [2.75, 3.05) is 13.2 Å². The van der Waals surface area contributed by atoms with Gasteiger partial charge in [-0.05, 0) is 36.1 Å². The van der Waals surface area contributed by atoms with Crippen LogP contribution in [0.3, 0.4) is 0 Å². The number of carbonyl (C=O) groups excluding carboxylic acids is 1. The van der Waals surface area contributed by atoms with Gasteiger partial charge in [-0.1, -0.05) is 30.3 Å². The van der Waals surface area contributed by atoms with Gasteiger partial charge in [0.2, 0.25) is 0 Å². The van der Waals surface area contributed by atoms with Crippen LogP contribution in [0.25, 0.3) is 0 Å². The molecule has 1 fully saturated rings. The zero-order chi connectivity index (χ0) is 15.9. The fourth-order valence-electron chi connectivity index (χ4n) is 2.75. The molecule has 0 aliphatic carbocycles. The van der Waals surface area contributed by atoms with Gasteiger partial charge in [0.15, 0.2) is 0 Å². The molecule has 1 saturated heterocycles. The first-order valence-corrected chi connectivity index (χ1v) is 7.94. The van der Waals surface area contributed by atoms with Crippen molar-refractivity contribution < 1.29 is 9.53 Å². The summed E-state index contributed by atoms with van der Waals surface area (Å²) in [6.45, 7) is 1.33. The molecule has 0 radical (unpaired) electrons. The number of nitrogens with one attached hydrogen (secondary N) is 2. The number of urea groups is 1. The number of nitrogens with zero attached hydrogens (tertiary/aromatic N) is 1. The molecule has 2 aromatic rings. The van der Waals surface area contributed by atoms with Crippen molar-refractivity contribution in [3.8, 4) is 0 Å². The highest BCUT2D eigenvalue weighted by Gasteiger charge is 2.19. The van der Waals surface area contributed by atoms with Crippen molar-refractivity contribution in [1.29, 1.82) is 0 Å². The first-order chi connectivity index (χ1) is 11.3. The molecule has 120 valence electrons. The highest BCUT2D eigenvalue weighted by atomic mass is 16.5. The maximum Gasteiger partial charge on any atom is 0.315 e. The second-order valence-corrected chi connectivity index (χ2v) is 5.61. The summed E-state index contributed by atoms with van der Waals surface area (Å²) in [6.07, 6.45) is 5.68. The Kier molecular flexibility index (Phi) is 5.21. The minimum atomic E-state index is -0.205. The Morgan fingerprint density at radius 2 is 1.91 bits per heavy atom. The first-order valence-electron chi connectivity index (χ1n) is 7.94. The van der Waals surface area contributed by atoms with Crippen LogP contribution < -0.4 is 10.6 Å². The van der Waals surface area contributed by atoms with E-state index in [4.69, 9.17) is 4.74 Å². The molecule has 2 heterocycles. The summed E-state index contributed by atoms with van der Waals surface area (Å²) in [5, 5.41) is 5.94. The standard InChI is InChI=1S/C18H21N3O2/c22-18(20-13-16-7-4-12-23-16)21-17(14-5-2-1-3-6-14)15-8-10-19-11-9-15/h1-3,5-6,8-11,16-17H,4,7,12-13H2,(H2,20,21,22)/t16-,17+/m0/s1. The van der Waals surface area contributed by atoms with Gasteiger partial charge in [0.05, 0.1) is 12.1 Å². The van der Waals surface area contributed by atoms with Gasteiger partial charge in [0, 0.05) is 25.5 Å². The summed E-state index contributed by atoms with van der Waals surface area (Å²) >= 11 is 0. The summed E-state index contributed by atoms with van der Waals surface area (Å²) in [4.78, 5) is 16.3. The topological polar surface area (TPSA) is 63.2 Å². The van der Waals surface area contributed by atoms with Gasteiger partial charge in [-0.2, -0.15) is 0 Å². The lowest BCUT2D eigenvalue weighted by Crippen LogP contribution is -2.41. The Labute approximate surface area is 136 Å². The van der Waals surface area contributed by atoms with Crippen LogP contribution in [-0.2, 0) is 4.74 Å². The number of pyridine rings is 1. The fraction of sp³-hybridized carbons (Fsp3) is 0.333. The molecule has 1 aliphatic heterocycles. The SMILES string of the molecule is O=C(NC[C@@H]1CCCO1)N[C@H](c1ccccc1)c1ccncc1. The van der Waals surface area contributed by atoms with Gasteiger partial charge in [0.1, 0.15) is 0 Å². The van der Waals surface area contributed by atoms with Crippen LogP contribution in [0.15, 0.2) is 54.9 Å². The monoisotopic (exact) mass is 311 g/mol. The summed E-state index contributed by atoms with van der Waals surface area (Å²) in [5.74, 6) is 0. The van der Waals surface area contributed by atoms with Crippen LogP contribution in [0.2, 0.25) is 0 Å². The lowest BCUT2D eigenvalue weighted by Gasteiger charge is -2.20. The number of carbonyl (C=O) groups is 1. The van der Waals surface area contributed by atoms with E-state index in [1.54, 1.807) is 12.4 Å². The molecule has 1 aromatic heterocycles. The molecule has 1 aliphatic rings. The van der Waals surface area contributed by atoms with Crippen molar-refractivity contribution in [3.05, 3.63) is 66.0 Å². The third-order valence-corrected chi connectivity index (χ3v) is 3.96. The molecule has 2 N–H and O–H groups in total. The Balaban J connectivity index is 1.67. The van der Waals surface area contributed by atoms with E-state index < -0.39 is 0 Å². The molecule has 0 saturated carbocycles. The number of hydrogen-bond acceptors (Lipinski definition) is 3. The number of hydrogen-bond donors (Lipinski definition) is 2. The van der Waals surface area contributed by atoms with Gasteiger partial charge in [0.25, 0.3) is 0 Å². The second-order valence-electron chi connectivity index (χ2n) is 5.61. The molecule has 5 nitrogen and oxygen atoms in total. The van der Waals surface area contributed by atoms with E-state index >= 15 is 0 Å². The van der Waals surface area contributed by atoms with Crippen LogP contribution in [0, 0.1) is 0 Å². The van der Waals surface area contributed by atoms with Gasteiger partial charge < -0.3 is 15.4 Å². The Morgan fingerprint density at radius 3 is 2.61 bits per heavy atom.